The minimum Gasteiger partial charge on any atom is -0.395 e. The van der Waals surface area contributed by atoms with Gasteiger partial charge in [0.25, 0.3) is 0 Å². The predicted molar refractivity (Wildman–Crippen MR) is 54.8 cm³/mol. The largest absolute Gasteiger partial charge is 0.395 e. The molecule has 0 aromatic carbocycles. The monoisotopic (exact) mass is 186 g/mol. The zero-order valence-electron chi connectivity index (χ0n) is 9.01. The zero-order valence-corrected chi connectivity index (χ0v) is 9.01. The maximum Gasteiger partial charge on any atom is 0.0597 e. The van der Waals surface area contributed by atoms with E-state index in [1.807, 2.05) is 0 Å². The van der Waals surface area contributed by atoms with E-state index in [1.54, 1.807) is 0 Å². The van der Waals surface area contributed by atoms with Crippen molar-refractivity contribution in [3.63, 3.8) is 0 Å². The summed E-state index contributed by atoms with van der Waals surface area (Å²) in [7, 11) is 0. The molecule has 3 nitrogen and oxygen atoms in total. The molecule has 1 fully saturated rings. The van der Waals surface area contributed by atoms with Gasteiger partial charge in [0.15, 0.2) is 0 Å². The first-order chi connectivity index (χ1) is 6.07. The Morgan fingerprint density at radius 2 is 2.23 bits per heavy atom. The zero-order chi connectivity index (χ0) is 9.90. The lowest BCUT2D eigenvalue weighted by Crippen LogP contribution is -2.63. The summed E-state index contributed by atoms with van der Waals surface area (Å²) in [5.41, 5.74) is 0.140. The molecule has 0 amide bonds. The molecule has 0 spiro atoms. The SMILES string of the molecule is CCCN1CC(CO)NC(C)(C)C1. The first-order valence-corrected chi connectivity index (χ1v) is 5.18. The highest BCUT2D eigenvalue weighted by atomic mass is 16.3. The number of nitrogens with zero attached hydrogens (tertiary/aromatic N) is 1. The van der Waals surface area contributed by atoms with E-state index in [9.17, 15) is 0 Å². The Morgan fingerprint density at radius 3 is 2.77 bits per heavy atom. The summed E-state index contributed by atoms with van der Waals surface area (Å²) in [6.07, 6.45) is 1.19. The topological polar surface area (TPSA) is 35.5 Å². The van der Waals surface area contributed by atoms with Crippen LogP contribution in [0.1, 0.15) is 27.2 Å². The van der Waals surface area contributed by atoms with Gasteiger partial charge in [-0.25, -0.2) is 0 Å². The molecule has 1 aliphatic rings. The maximum absolute atomic E-state index is 9.12. The van der Waals surface area contributed by atoms with E-state index in [1.165, 1.54) is 6.42 Å². The van der Waals surface area contributed by atoms with Crippen molar-refractivity contribution in [3.05, 3.63) is 0 Å². The normalized spacial score (nSPS) is 29.1. The second kappa shape index (κ2) is 4.40. The summed E-state index contributed by atoms with van der Waals surface area (Å²) in [5, 5.41) is 12.6. The van der Waals surface area contributed by atoms with Crippen molar-refractivity contribution in [1.82, 2.24) is 10.2 Å². The average Bonchev–Trinajstić information content (AvgIpc) is 2.02. The van der Waals surface area contributed by atoms with Crippen molar-refractivity contribution in [3.8, 4) is 0 Å². The van der Waals surface area contributed by atoms with Crippen LogP contribution in [0, 0.1) is 0 Å². The lowest BCUT2D eigenvalue weighted by Gasteiger charge is -2.43. The number of aliphatic hydroxyl groups is 1. The van der Waals surface area contributed by atoms with Crippen LogP contribution >= 0.6 is 0 Å². The number of nitrogens with one attached hydrogen (secondary N) is 1. The van der Waals surface area contributed by atoms with Crippen LogP contribution in [0.25, 0.3) is 0 Å². The maximum atomic E-state index is 9.12. The fraction of sp³-hybridized carbons (Fsp3) is 1.00. The third kappa shape index (κ3) is 3.25. The molecule has 1 atom stereocenters. The van der Waals surface area contributed by atoms with E-state index in [4.69, 9.17) is 5.11 Å². The van der Waals surface area contributed by atoms with E-state index in [2.05, 4.69) is 31.0 Å². The van der Waals surface area contributed by atoms with Gasteiger partial charge in [0, 0.05) is 24.7 Å². The average molecular weight is 186 g/mol. The Hall–Kier alpha value is -0.120. The number of hydrogen-bond acceptors (Lipinski definition) is 3. The van der Waals surface area contributed by atoms with Gasteiger partial charge in [-0.15, -0.1) is 0 Å². The van der Waals surface area contributed by atoms with Gasteiger partial charge in [0.05, 0.1) is 6.61 Å². The van der Waals surface area contributed by atoms with Gasteiger partial charge in [-0.1, -0.05) is 6.92 Å². The minimum absolute atomic E-state index is 0.140. The van der Waals surface area contributed by atoms with Gasteiger partial charge in [-0.2, -0.15) is 0 Å². The quantitative estimate of drug-likeness (QED) is 0.671. The molecule has 0 aromatic heterocycles. The van der Waals surface area contributed by atoms with Crippen LogP contribution in [0.2, 0.25) is 0 Å². The van der Waals surface area contributed by atoms with Gasteiger partial charge in [0.2, 0.25) is 0 Å². The molecule has 1 saturated heterocycles. The van der Waals surface area contributed by atoms with Crippen molar-refractivity contribution in [2.75, 3.05) is 26.2 Å². The fourth-order valence-corrected chi connectivity index (χ4v) is 2.17. The van der Waals surface area contributed by atoms with E-state index in [0.29, 0.717) is 0 Å². The Labute approximate surface area is 81.1 Å². The van der Waals surface area contributed by atoms with Crippen LogP contribution < -0.4 is 5.32 Å². The second-order valence-corrected chi connectivity index (χ2v) is 4.64. The van der Waals surface area contributed by atoms with Crippen LogP contribution in [0.4, 0.5) is 0 Å². The first-order valence-electron chi connectivity index (χ1n) is 5.18. The van der Waals surface area contributed by atoms with Crippen LogP contribution in [-0.4, -0.2) is 47.8 Å². The summed E-state index contributed by atoms with van der Waals surface area (Å²) < 4.78 is 0. The lowest BCUT2D eigenvalue weighted by atomic mass is 9.98. The van der Waals surface area contributed by atoms with E-state index < -0.39 is 0 Å². The number of rotatable bonds is 3. The van der Waals surface area contributed by atoms with Gasteiger partial charge >= 0.3 is 0 Å². The van der Waals surface area contributed by atoms with Crippen LogP contribution in [0.15, 0.2) is 0 Å². The molecule has 1 rings (SSSR count). The molecular formula is C10H22N2O. The van der Waals surface area contributed by atoms with Crippen molar-refractivity contribution in [1.29, 1.82) is 0 Å². The van der Waals surface area contributed by atoms with Crippen LogP contribution in [0.5, 0.6) is 0 Å². The van der Waals surface area contributed by atoms with E-state index in [0.717, 1.165) is 19.6 Å². The van der Waals surface area contributed by atoms with E-state index >= 15 is 0 Å². The van der Waals surface area contributed by atoms with Crippen molar-refractivity contribution >= 4 is 0 Å². The highest BCUT2D eigenvalue weighted by molar-refractivity contribution is 4.91. The molecule has 1 aliphatic heterocycles. The summed E-state index contributed by atoms with van der Waals surface area (Å²) in [6.45, 7) is 10.0. The summed E-state index contributed by atoms with van der Waals surface area (Å²) in [4.78, 5) is 2.43. The molecule has 1 heterocycles. The highest BCUT2D eigenvalue weighted by Gasteiger charge is 2.30. The number of hydrogen-bond donors (Lipinski definition) is 2. The molecular weight excluding hydrogens is 164 g/mol. The van der Waals surface area contributed by atoms with Crippen LogP contribution in [0.3, 0.4) is 0 Å². The first kappa shape index (κ1) is 11.0. The van der Waals surface area contributed by atoms with Crippen molar-refractivity contribution in [2.45, 2.75) is 38.8 Å². The Balaban J connectivity index is 2.49. The summed E-state index contributed by atoms with van der Waals surface area (Å²) >= 11 is 0. The lowest BCUT2D eigenvalue weighted by molar-refractivity contribution is 0.0865. The van der Waals surface area contributed by atoms with Gasteiger partial charge in [-0.3, -0.25) is 4.90 Å². The molecule has 0 aromatic rings. The highest BCUT2D eigenvalue weighted by Crippen LogP contribution is 2.13. The molecule has 1 unspecified atom stereocenters. The predicted octanol–water partition coefficient (Wildman–Crippen LogP) is 0.441. The smallest absolute Gasteiger partial charge is 0.0597 e. The van der Waals surface area contributed by atoms with Crippen molar-refractivity contribution < 1.29 is 5.11 Å². The Bertz CT molecular complexity index is 159. The molecule has 0 saturated carbocycles. The molecule has 78 valence electrons. The van der Waals surface area contributed by atoms with E-state index in [-0.39, 0.29) is 18.2 Å². The molecule has 0 radical (unpaired) electrons. The molecule has 2 N–H and O–H groups in total. The standard InChI is InChI=1S/C10H22N2O/c1-4-5-12-6-9(7-13)11-10(2,3)8-12/h9,11,13H,4-8H2,1-3H3. The van der Waals surface area contributed by atoms with Crippen molar-refractivity contribution in [2.24, 2.45) is 0 Å². The number of aliphatic hydroxyl groups excluding tert-OH is 1. The summed E-state index contributed by atoms with van der Waals surface area (Å²) in [6, 6.07) is 0.246. The summed E-state index contributed by atoms with van der Waals surface area (Å²) in [5.74, 6) is 0. The van der Waals surface area contributed by atoms with Gasteiger partial charge in [-0.05, 0) is 26.8 Å². The van der Waals surface area contributed by atoms with Gasteiger partial charge in [0.1, 0.15) is 0 Å². The fourth-order valence-electron chi connectivity index (χ4n) is 2.17. The van der Waals surface area contributed by atoms with Crippen LogP contribution in [-0.2, 0) is 0 Å². The number of piperazine rings is 1. The third-order valence-electron chi connectivity index (χ3n) is 2.45. The molecule has 0 bridgehead atoms. The van der Waals surface area contributed by atoms with Gasteiger partial charge < -0.3 is 10.4 Å². The minimum atomic E-state index is 0.140. The Morgan fingerprint density at radius 1 is 1.54 bits per heavy atom. The molecule has 3 heteroatoms. The Kier molecular flexibility index (Phi) is 3.71. The second-order valence-electron chi connectivity index (χ2n) is 4.64. The third-order valence-corrected chi connectivity index (χ3v) is 2.45. The molecule has 0 aliphatic carbocycles. The molecule has 13 heavy (non-hydrogen) atoms.